The first-order valence-corrected chi connectivity index (χ1v) is 7.89. The zero-order chi connectivity index (χ0) is 14.4. The Morgan fingerprint density at radius 2 is 2.30 bits per heavy atom. The van der Waals surface area contributed by atoms with Crippen LogP contribution in [0.2, 0.25) is 0 Å². The number of thioether (sulfide) groups is 1. The van der Waals surface area contributed by atoms with Crippen LogP contribution in [-0.2, 0) is 12.8 Å². The first-order chi connectivity index (χ1) is 9.72. The van der Waals surface area contributed by atoms with Gasteiger partial charge >= 0.3 is 5.97 Å². The zero-order valence-corrected chi connectivity index (χ0v) is 12.1. The molecule has 0 atom stereocenters. The van der Waals surface area contributed by atoms with Crippen molar-refractivity contribution in [3.05, 3.63) is 22.9 Å². The van der Waals surface area contributed by atoms with Crippen molar-refractivity contribution >= 4 is 23.5 Å². The van der Waals surface area contributed by atoms with Crippen molar-refractivity contribution in [3.63, 3.8) is 0 Å². The van der Waals surface area contributed by atoms with Crippen LogP contribution in [0.15, 0.2) is 6.07 Å². The van der Waals surface area contributed by atoms with Gasteiger partial charge in [-0.2, -0.15) is 0 Å². The molecular weight excluding hydrogens is 272 g/mol. The molecule has 0 aromatic carbocycles. The number of anilines is 1. The number of rotatable bonds is 6. The van der Waals surface area contributed by atoms with Crippen molar-refractivity contribution in [2.24, 2.45) is 0 Å². The molecule has 2 rings (SSSR count). The van der Waals surface area contributed by atoms with E-state index in [0.29, 0.717) is 18.1 Å². The highest BCUT2D eigenvalue weighted by Gasteiger charge is 2.18. The van der Waals surface area contributed by atoms with Crippen LogP contribution in [-0.4, -0.2) is 34.1 Å². The summed E-state index contributed by atoms with van der Waals surface area (Å²) in [6, 6.07) is 1.78. The first-order valence-electron chi connectivity index (χ1n) is 6.73. The lowest BCUT2D eigenvalue weighted by molar-refractivity contribution is 0.0697. The number of aromatic nitrogens is 1. The molecule has 0 unspecified atom stereocenters. The highest BCUT2D eigenvalue weighted by molar-refractivity contribution is 7.99. The van der Waals surface area contributed by atoms with E-state index in [4.69, 9.17) is 6.42 Å². The molecule has 0 saturated carbocycles. The van der Waals surface area contributed by atoms with Crippen LogP contribution in [0.1, 0.15) is 34.5 Å². The Labute approximate surface area is 123 Å². The quantitative estimate of drug-likeness (QED) is 0.622. The van der Waals surface area contributed by atoms with Crippen LogP contribution in [0.3, 0.4) is 0 Å². The van der Waals surface area contributed by atoms with E-state index in [1.54, 1.807) is 17.8 Å². The van der Waals surface area contributed by atoms with E-state index in [0.717, 1.165) is 42.7 Å². The van der Waals surface area contributed by atoms with Crippen LogP contribution in [0.5, 0.6) is 0 Å². The molecule has 1 heterocycles. The average Bonchev–Trinajstić information content (AvgIpc) is 2.46. The van der Waals surface area contributed by atoms with Gasteiger partial charge in [0.15, 0.2) is 0 Å². The van der Waals surface area contributed by atoms with Gasteiger partial charge in [-0.05, 0) is 37.3 Å². The monoisotopic (exact) mass is 290 g/mol. The summed E-state index contributed by atoms with van der Waals surface area (Å²) in [6.07, 6.45) is 9.30. The van der Waals surface area contributed by atoms with E-state index in [9.17, 15) is 9.90 Å². The lowest BCUT2D eigenvalue weighted by Gasteiger charge is -2.18. The van der Waals surface area contributed by atoms with Gasteiger partial charge in [0.05, 0.1) is 5.75 Å². The number of carboxylic acid groups (broad SMARTS) is 1. The second kappa shape index (κ2) is 7.20. The number of aromatic carboxylic acids is 1. The predicted octanol–water partition coefficient (Wildman–Crippen LogP) is 2.44. The normalized spacial score (nSPS) is 13.3. The summed E-state index contributed by atoms with van der Waals surface area (Å²) in [7, 11) is 0. The summed E-state index contributed by atoms with van der Waals surface area (Å²) in [5.74, 6) is 3.63. The number of nitrogens with zero attached hydrogens (tertiary/aromatic N) is 1. The minimum atomic E-state index is -0.926. The van der Waals surface area contributed by atoms with Gasteiger partial charge in [0.1, 0.15) is 11.4 Å². The fraction of sp³-hybridized carbons (Fsp3) is 0.467. The fourth-order valence-corrected chi connectivity index (χ4v) is 2.81. The Hall–Kier alpha value is -1.67. The predicted molar refractivity (Wildman–Crippen MR) is 82.5 cm³/mol. The second-order valence-electron chi connectivity index (χ2n) is 4.69. The smallest absolute Gasteiger partial charge is 0.339 e. The number of carboxylic acids is 1. The lowest BCUT2D eigenvalue weighted by Crippen LogP contribution is -2.15. The largest absolute Gasteiger partial charge is 0.478 e. The maximum absolute atomic E-state index is 11.3. The van der Waals surface area contributed by atoms with Gasteiger partial charge in [-0.25, -0.2) is 9.78 Å². The Kier molecular flexibility index (Phi) is 5.31. The van der Waals surface area contributed by atoms with E-state index in [2.05, 4.69) is 16.2 Å². The Morgan fingerprint density at radius 3 is 3.05 bits per heavy atom. The van der Waals surface area contributed by atoms with E-state index in [1.807, 2.05) is 0 Å². The summed E-state index contributed by atoms with van der Waals surface area (Å²) < 4.78 is 0. The van der Waals surface area contributed by atoms with Crippen LogP contribution in [0.4, 0.5) is 5.82 Å². The summed E-state index contributed by atoms with van der Waals surface area (Å²) >= 11 is 1.64. The number of fused-ring (bicyclic) bond motifs is 1. The molecule has 4 nitrogen and oxygen atoms in total. The number of pyridine rings is 1. The summed E-state index contributed by atoms with van der Waals surface area (Å²) in [5, 5.41) is 12.4. The molecule has 106 valence electrons. The van der Waals surface area contributed by atoms with E-state index in [1.165, 1.54) is 0 Å². The maximum atomic E-state index is 11.3. The number of aryl methyl sites for hydroxylation is 2. The molecule has 0 amide bonds. The Morgan fingerprint density at radius 1 is 1.50 bits per heavy atom. The topological polar surface area (TPSA) is 62.2 Å². The molecule has 0 spiro atoms. The standard InChI is InChI=1S/C15H18N2O2S/c1-2-8-20-9-7-16-14-12(15(18)19)10-11-5-3-4-6-13(11)17-14/h1,10H,3-9H2,(H,16,17)(H,18,19). The Bertz CT molecular complexity index is 537. The third-order valence-electron chi connectivity index (χ3n) is 3.26. The first kappa shape index (κ1) is 14.7. The van der Waals surface area contributed by atoms with E-state index in [-0.39, 0.29) is 5.56 Å². The van der Waals surface area contributed by atoms with Crippen molar-refractivity contribution in [1.82, 2.24) is 4.98 Å². The lowest BCUT2D eigenvalue weighted by atomic mass is 9.95. The maximum Gasteiger partial charge on any atom is 0.339 e. The number of hydrogen-bond acceptors (Lipinski definition) is 4. The van der Waals surface area contributed by atoms with Crippen LogP contribution in [0, 0.1) is 12.3 Å². The molecule has 0 fully saturated rings. The molecule has 1 aromatic heterocycles. The summed E-state index contributed by atoms with van der Waals surface area (Å²) in [5.41, 5.74) is 2.40. The summed E-state index contributed by atoms with van der Waals surface area (Å²) in [4.78, 5) is 15.8. The Balaban J connectivity index is 2.09. The van der Waals surface area contributed by atoms with Crippen molar-refractivity contribution in [3.8, 4) is 12.3 Å². The molecule has 1 aromatic rings. The van der Waals surface area contributed by atoms with Gasteiger partial charge in [0.2, 0.25) is 0 Å². The molecule has 0 saturated heterocycles. The fourth-order valence-electron chi connectivity index (χ4n) is 2.30. The molecule has 5 heteroatoms. The van der Waals surface area contributed by atoms with Gasteiger partial charge in [0, 0.05) is 18.0 Å². The van der Waals surface area contributed by atoms with Crippen molar-refractivity contribution in [2.75, 3.05) is 23.4 Å². The molecule has 1 aliphatic carbocycles. The van der Waals surface area contributed by atoms with Gasteiger partial charge in [-0.3, -0.25) is 0 Å². The molecule has 2 N–H and O–H groups in total. The number of terminal acetylenes is 1. The van der Waals surface area contributed by atoms with Gasteiger partial charge < -0.3 is 10.4 Å². The summed E-state index contributed by atoms with van der Waals surface area (Å²) in [6.45, 7) is 0.665. The van der Waals surface area contributed by atoms with Crippen LogP contribution in [0.25, 0.3) is 0 Å². The molecule has 0 radical (unpaired) electrons. The molecular formula is C15H18N2O2S. The minimum Gasteiger partial charge on any atom is -0.478 e. The van der Waals surface area contributed by atoms with E-state index < -0.39 is 5.97 Å². The minimum absolute atomic E-state index is 0.271. The van der Waals surface area contributed by atoms with Crippen molar-refractivity contribution in [1.29, 1.82) is 0 Å². The number of hydrogen-bond donors (Lipinski definition) is 2. The molecule has 0 aliphatic heterocycles. The van der Waals surface area contributed by atoms with Crippen LogP contribution < -0.4 is 5.32 Å². The van der Waals surface area contributed by atoms with E-state index >= 15 is 0 Å². The van der Waals surface area contributed by atoms with Gasteiger partial charge in [-0.15, -0.1) is 18.2 Å². The third-order valence-corrected chi connectivity index (χ3v) is 4.12. The van der Waals surface area contributed by atoms with Crippen LogP contribution >= 0.6 is 11.8 Å². The molecule has 0 bridgehead atoms. The highest BCUT2D eigenvalue weighted by atomic mass is 32.2. The molecule has 1 aliphatic rings. The van der Waals surface area contributed by atoms with Crippen molar-refractivity contribution < 1.29 is 9.90 Å². The van der Waals surface area contributed by atoms with Crippen molar-refractivity contribution in [2.45, 2.75) is 25.7 Å². The molecule has 20 heavy (non-hydrogen) atoms. The second-order valence-corrected chi connectivity index (χ2v) is 5.79. The highest BCUT2D eigenvalue weighted by Crippen LogP contribution is 2.24. The van der Waals surface area contributed by atoms with Gasteiger partial charge in [-0.1, -0.05) is 5.92 Å². The SMILES string of the molecule is C#CCSCCNc1nc2c(cc1C(=O)O)CCCC2. The number of carbonyl (C=O) groups is 1. The number of nitrogens with one attached hydrogen (secondary N) is 1. The zero-order valence-electron chi connectivity index (χ0n) is 11.3. The third kappa shape index (κ3) is 3.67. The average molecular weight is 290 g/mol. The van der Waals surface area contributed by atoms with Gasteiger partial charge in [0.25, 0.3) is 0 Å².